The lowest BCUT2D eigenvalue weighted by molar-refractivity contribution is -0.0973. The third-order valence-electron chi connectivity index (χ3n) is 5.44. The van der Waals surface area contributed by atoms with Crippen LogP contribution in [0.3, 0.4) is 0 Å². The maximum Gasteiger partial charge on any atom is 0.204 e. The van der Waals surface area contributed by atoms with Crippen LogP contribution in [-0.2, 0) is 0 Å². The molecule has 0 amide bonds. The normalized spacial score (nSPS) is 47.6. The number of nitrogens with one attached hydrogen (secondary N) is 2. The van der Waals surface area contributed by atoms with Crippen LogP contribution < -0.4 is 5.32 Å². The number of hydrogen-bond donors (Lipinski definition) is 2. The number of nitrogens with zero attached hydrogens (tertiary/aromatic N) is 1. The molecule has 2 unspecified atom stereocenters. The molecule has 3 nitrogen and oxygen atoms in total. The summed E-state index contributed by atoms with van der Waals surface area (Å²) in [7, 11) is 0. The van der Waals surface area contributed by atoms with E-state index < -0.39 is 0 Å². The lowest BCUT2D eigenvalue weighted by Gasteiger charge is -2.65. The molecule has 4 saturated carbocycles. The van der Waals surface area contributed by atoms with E-state index in [-0.39, 0.29) is 5.54 Å². The van der Waals surface area contributed by atoms with Crippen LogP contribution in [0.4, 0.5) is 5.13 Å². The van der Waals surface area contributed by atoms with E-state index in [2.05, 4.69) is 29.4 Å². The fraction of sp³-hybridized carbons (Fsp3) is 0.857. The van der Waals surface area contributed by atoms with Gasteiger partial charge in [-0.15, -0.1) is 5.10 Å². The molecule has 19 heavy (non-hydrogen) atoms. The molecule has 5 heteroatoms. The summed E-state index contributed by atoms with van der Waals surface area (Å²) in [5, 5.41) is 12.0. The second-order valence-electron chi connectivity index (χ2n) is 7.95. The number of aromatic nitrogens is 2. The van der Waals surface area contributed by atoms with Crippen molar-refractivity contribution in [3.05, 3.63) is 3.95 Å². The van der Waals surface area contributed by atoms with E-state index in [9.17, 15) is 0 Å². The van der Waals surface area contributed by atoms with Gasteiger partial charge >= 0.3 is 0 Å². The van der Waals surface area contributed by atoms with Gasteiger partial charge in [-0.2, -0.15) is 0 Å². The first kappa shape index (κ1) is 12.3. The molecule has 0 saturated heterocycles. The highest BCUT2D eigenvalue weighted by atomic mass is 32.1. The molecule has 104 valence electrons. The van der Waals surface area contributed by atoms with Crippen molar-refractivity contribution in [3.63, 3.8) is 0 Å². The first-order valence-electron chi connectivity index (χ1n) is 7.22. The molecule has 1 aromatic rings. The van der Waals surface area contributed by atoms with Crippen molar-refractivity contribution in [1.82, 2.24) is 10.2 Å². The molecule has 1 heterocycles. The van der Waals surface area contributed by atoms with Crippen molar-refractivity contribution in [2.24, 2.45) is 16.7 Å². The standard InChI is InChI=1S/C14H21N3S2/c1-12-3-9-4-13(2,6-12)8-14(5-9,7-12)15-10-16-17-11(18)19-10/h9H,3-8H2,1-2H3,(H,15,16)(H,17,18). The smallest absolute Gasteiger partial charge is 0.204 e. The highest BCUT2D eigenvalue weighted by Gasteiger charge is 2.60. The van der Waals surface area contributed by atoms with Gasteiger partial charge in [0.1, 0.15) is 0 Å². The molecule has 4 fully saturated rings. The highest BCUT2D eigenvalue weighted by molar-refractivity contribution is 7.73. The third kappa shape index (κ3) is 1.97. The summed E-state index contributed by atoms with van der Waals surface area (Å²) in [5.74, 6) is 0.908. The highest BCUT2D eigenvalue weighted by Crippen LogP contribution is 2.66. The lowest BCUT2D eigenvalue weighted by atomic mass is 9.43. The molecule has 4 aliphatic carbocycles. The molecule has 2 atom stereocenters. The summed E-state index contributed by atoms with van der Waals surface area (Å²) in [6.45, 7) is 5.00. The van der Waals surface area contributed by atoms with Crippen molar-refractivity contribution in [1.29, 1.82) is 0 Å². The van der Waals surface area contributed by atoms with E-state index in [1.807, 2.05) is 0 Å². The van der Waals surface area contributed by atoms with E-state index in [1.165, 1.54) is 38.5 Å². The maximum atomic E-state index is 5.15. The molecule has 1 aromatic heterocycles. The summed E-state index contributed by atoms with van der Waals surface area (Å²) < 4.78 is 0.768. The van der Waals surface area contributed by atoms with Gasteiger partial charge in [0.25, 0.3) is 0 Å². The number of anilines is 1. The van der Waals surface area contributed by atoms with Gasteiger partial charge in [0.05, 0.1) is 0 Å². The van der Waals surface area contributed by atoms with Crippen molar-refractivity contribution in [2.75, 3.05) is 5.32 Å². The predicted molar refractivity (Wildman–Crippen MR) is 81.1 cm³/mol. The minimum absolute atomic E-state index is 0.274. The minimum Gasteiger partial charge on any atom is -0.355 e. The van der Waals surface area contributed by atoms with E-state index in [0.29, 0.717) is 10.8 Å². The SMILES string of the molecule is CC12CC3CC(C)(C1)CC(Nc1n[nH]c(=S)s1)(C3)C2. The third-order valence-corrected chi connectivity index (χ3v) is 6.44. The molecule has 2 N–H and O–H groups in total. The summed E-state index contributed by atoms with van der Waals surface area (Å²) in [6, 6.07) is 0. The second kappa shape index (κ2) is 3.61. The van der Waals surface area contributed by atoms with Crippen LogP contribution in [-0.4, -0.2) is 15.7 Å². The van der Waals surface area contributed by atoms with Gasteiger partial charge in [0.2, 0.25) is 5.13 Å². The van der Waals surface area contributed by atoms with E-state index >= 15 is 0 Å². The van der Waals surface area contributed by atoms with Crippen molar-refractivity contribution in [2.45, 2.75) is 57.9 Å². The largest absolute Gasteiger partial charge is 0.355 e. The predicted octanol–water partition coefficient (Wildman–Crippen LogP) is 4.36. The Morgan fingerprint density at radius 3 is 2.42 bits per heavy atom. The Bertz CT molecular complexity index is 557. The van der Waals surface area contributed by atoms with Crippen LogP contribution in [0.5, 0.6) is 0 Å². The second-order valence-corrected chi connectivity index (χ2v) is 9.62. The van der Waals surface area contributed by atoms with E-state index in [0.717, 1.165) is 15.0 Å². The molecular formula is C14H21N3S2. The number of rotatable bonds is 2. The Labute approximate surface area is 123 Å². The van der Waals surface area contributed by atoms with Gasteiger partial charge in [-0.3, -0.25) is 5.10 Å². The average Bonchev–Trinajstić information content (AvgIpc) is 2.56. The Balaban J connectivity index is 1.69. The summed E-state index contributed by atoms with van der Waals surface area (Å²) >= 11 is 6.72. The summed E-state index contributed by atoms with van der Waals surface area (Å²) in [5.41, 5.74) is 1.36. The monoisotopic (exact) mass is 295 g/mol. The Kier molecular flexibility index (Phi) is 2.34. The average molecular weight is 295 g/mol. The van der Waals surface area contributed by atoms with Crippen molar-refractivity contribution >= 4 is 28.7 Å². The quantitative estimate of drug-likeness (QED) is 0.796. The minimum atomic E-state index is 0.274. The fourth-order valence-corrected chi connectivity index (χ4v) is 7.01. The summed E-state index contributed by atoms with van der Waals surface area (Å²) in [4.78, 5) is 0. The van der Waals surface area contributed by atoms with Crippen LogP contribution in [0.15, 0.2) is 0 Å². The van der Waals surface area contributed by atoms with Crippen molar-refractivity contribution < 1.29 is 0 Å². The van der Waals surface area contributed by atoms with E-state index in [4.69, 9.17) is 12.2 Å². The molecule has 0 aliphatic heterocycles. The fourth-order valence-electron chi connectivity index (χ4n) is 6.10. The van der Waals surface area contributed by atoms with Crippen LogP contribution in [0.2, 0.25) is 0 Å². The Morgan fingerprint density at radius 2 is 1.89 bits per heavy atom. The number of aromatic amines is 1. The molecular weight excluding hydrogens is 274 g/mol. The molecule has 0 spiro atoms. The van der Waals surface area contributed by atoms with Gasteiger partial charge in [-0.05, 0) is 67.5 Å². The molecule has 4 bridgehead atoms. The lowest BCUT2D eigenvalue weighted by Crippen LogP contribution is -2.61. The van der Waals surface area contributed by atoms with Crippen LogP contribution in [0.1, 0.15) is 52.4 Å². The molecule has 5 rings (SSSR count). The zero-order valence-electron chi connectivity index (χ0n) is 11.6. The first-order chi connectivity index (χ1) is 8.88. The molecule has 4 aliphatic rings. The van der Waals surface area contributed by atoms with Gasteiger partial charge < -0.3 is 5.32 Å². The van der Waals surface area contributed by atoms with Gasteiger partial charge in [0.15, 0.2) is 3.95 Å². The first-order valence-corrected chi connectivity index (χ1v) is 8.44. The molecule has 0 aromatic carbocycles. The zero-order chi connectivity index (χ0) is 13.3. The molecule has 0 radical (unpaired) electrons. The zero-order valence-corrected chi connectivity index (χ0v) is 13.2. The summed E-state index contributed by atoms with van der Waals surface area (Å²) in [6.07, 6.45) is 8.21. The maximum absolute atomic E-state index is 5.15. The van der Waals surface area contributed by atoms with Crippen LogP contribution >= 0.6 is 23.6 Å². The van der Waals surface area contributed by atoms with Gasteiger partial charge in [0, 0.05) is 5.54 Å². The van der Waals surface area contributed by atoms with Crippen LogP contribution in [0, 0.1) is 20.7 Å². The van der Waals surface area contributed by atoms with Gasteiger partial charge in [-0.1, -0.05) is 25.2 Å². The Morgan fingerprint density at radius 1 is 1.21 bits per heavy atom. The number of H-pyrrole nitrogens is 1. The van der Waals surface area contributed by atoms with E-state index in [1.54, 1.807) is 11.3 Å². The Hall–Kier alpha value is -0.420. The van der Waals surface area contributed by atoms with Crippen molar-refractivity contribution in [3.8, 4) is 0 Å². The topological polar surface area (TPSA) is 40.7 Å². The van der Waals surface area contributed by atoms with Crippen LogP contribution in [0.25, 0.3) is 0 Å². The van der Waals surface area contributed by atoms with Gasteiger partial charge in [-0.25, -0.2) is 0 Å². The number of hydrogen-bond acceptors (Lipinski definition) is 4.